The van der Waals surface area contributed by atoms with E-state index in [1.807, 2.05) is 30.3 Å². The highest BCUT2D eigenvalue weighted by Gasteiger charge is 2.18. The van der Waals surface area contributed by atoms with Crippen LogP contribution in [0.25, 0.3) is 11.3 Å². The third kappa shape index (κ3) is 5.63. The fraction of sp³-hybridized carbons (Fsp3) is 0.190. The van der Waals surface area contributed by atoms with Gasteiger partial charge < -0.3 is 8.92 Å². The van der Waals surface area contributed by atoms with Gasteiger partial charge in [0.25, 0.3) is 0 Å². The second-order valence-electron chi connectivity index (χ2n) is 6.30. The van der Waals surface area contributed by atoms with Crippen molar-refractivity contribution in [3.8, 4) is 22.9 Å². The number of rotatable bonds is 7. The molecule has 3 rings (SSSR count). The van der Waals surface area contributed by atoms with Crippen molar-refractivity contribution in [2.45, 2.75) is 20.5 Å². The largest absolute Gasteiger partial charge is 0.472 e. The second-order valence-corrected chi connectivity index (χ2v) is 9.03. The van der Waals surface area contributed by atoms with Crippen molar-refractivity contribution in [3.05, 3.63) is 75.8 Å². The maximum atomic E-state index is 12.0. The zero-order valence-corrected chi connectivity index (χ0v) is 18.2. The summed E-state index contributed by atoms with van der Waals surface area (Å²) in [5, 5.41) is 0.871. The lowest BCUT2D eigenvalue weighted by molar-refractivity contribution is 0.290. The van der Waals surface area contributed by atoms with Crippen LogP contribution in [0.2, 0.25) is 10.0 Å². The first kappa shape index (κ1) is 21.4. The molecule has 0 bridgehead atoms. The van der Waals surface area contributed by atoms with Crippen LogP contribution in [0.5, 0.6) is 11.6 Å². The molecule has 0 atom stereocenters. The number of hydrogen-bond donors (Lipinski definition) is 0. The Hall–Kier alpha value is -2.28. The van der Waals surface area contributed by atoms with Crippen LogP contribution in [0.4, 0.5) is 0 Å². The quantitative estimate of drug-likeness (QED) is 0.432. The Morgan fingerprint density at radius 2 is 1.66 bits per heavy atom. The minimum absolute atomic E-state index is 0.149. The van der Waals surface area contributed by atoms with E-state index in [1.165, 1.54) is 6.92 Å². The fourth-order valence-corrected chi connectivity index (χ4v) is 3.65. The highest BCUT2D eigenvalue weighted by Crippen LogP contribution is 2.34. The van der Waals surface area contributed by atoms with Crippen molar-refractivity contribution in [3.63, 3.8) is 0 Å². The molecule has 2 aromatic carbocycles. The SMILES string of the molecule is CCS(=O)(=O)Oc1cc(-c2cc(Cl)cc(Cl)c2)nc(OCc2ccccc2)c1C. The first-order valence-corrected chi connectivity index (χ1v) is 11.2. The molecule has 0 spiro atoms. The maximum Gasteiger partial charge on any atom is 0.308 e. The van der Waals surface area contributed by atoms with Gasteiger partial charge in [0.1, 0.15) is 6.61 Å². The van der Waals surface area contributed by atoms with Gasteiger partial charge >= 0.3 is 10.1 Å². The van der Waals surface area contributed by atoms with Gasteiger partial charge in [-0.2, -0.15) is 8.42 Å². The lowest BCUT2D eigenvalue weighted by Crippen LogP contribution is -2.13. The van der Waals surface area contributed by atoms with E-state index in [4.69, 9.17) is 32.1 Å². The standard InChI is InChI=1S/C21H19Cl2NO4S/c1-3-29(25,26)28-20-12-19(16-9-17(22)11-18(23)10-16)24-21(14(20)2)27-13-15-7-5-4-6-8-15/h4-12H,3,13H2,1-2H3. The van der Waals surface area contributed by atoms with E-state index in [0.29, 0.717) is 26.9 Å². The van der Waals surface area contributed by atoms with Crippen molar-refractivity contribution in [2.24, 2.45) is 0 Å². The molecule has 1 heterocycles. The smallest absolute Gasteiger partial charge is 0.308 e. The monoisotopic (exact) mass is 451 g/mol. The minimum Gasteiger partial charge on any atom is -0.472 e. The lowest BCUT2D eigenvalue weighted by atomic mass is 10.1. The Bertz CT molecular complexity index is 1100. The van der Waals surface area contributed by atoms with Crippen LogP contribution in [0, 0.1) is 6.92 Å². The zero-order chi connectivity index (χ0) is 21.0. The molecule has 0 fully saturated rings. The van der Waals surface area contributed by atoms with Crippen molar-refractivity contribution in [2.75, 3.05) is 5.75 Å². The van der Waals surface area contributed by atoms with Gasteiger partial charge in [-0.15, -0.1) is 0 Å². The molecule has 8 heteroatoms. The average molecular weight is 452 g/mol. The number of benzene rings is 2. The van der Waals surface area contributed by atoms with E-state index in [0.717, 1.165) is 5.56 Å². The van der Waals surface area contributed by atoms with Crippen LogP contribution in [-0.2, 0) is 16.7 Å². The summed E-state index contributed by atoms with van der Waals surface area (Å²) < 4.78 is 35.2. The van der Waals surface area contributed by atoms with Gasteiger partial charge in [-0.05, 0) is 37.6 Å². The second kappa shape index (κ2) is 9.03. The summed E-state index contributed by atoms with van der Waals surface area (Å²) >= 11 is 12.2. The van der Waals surface area contributed by atoms with Gasteiger partial charge in [0, 0.05) is 21.7 Å². The van der Waals surface area contributed by atoms with Crippen LogP contribution < -0.4 is 8.92 Å². The molecule has 0 amide bonds. The van der Waals surface area contributed by atoms with Gasteiger partial charge in [0.2, 0.25) is 5.88 Å². The normalized spacial score (nSPS) is 11.3. The Morgan fingerprint density at radius 3 is 2.28 bits per heavy atom. The third-order valence-corrected chi connectivity index (χ3v) is 5.70. The molecule has 1 aromatic heterocycles. The predicted octanol–water partition coefficient (Wildman–Crippen LogP) is 5.67. The van der Waals surface area contributed by atoms with Crippen molar-refractivity contribution < 1.29 is 17.3 Å². The highest BCUT2D eigenvalue weighted by atomic mass is 35.5. The van der Waals surface area contributed by atoms with Crippen molar-refractivity contribution >= 4 is 33.3 Å². The molecule has 152 valence electrons. The van der Waals surface area contributed by atoms with Crippen LogP contribution in [-0.4, -0.2) is 19.2 Å². The number of pyridine rings is 1. The first-order chi connectivity index (χ1) is 13.8. The Kier molecular flexibility index (Phi) is 6.67. The molecule has 0 saturated heterocycles. The Balaban J connectivity index is 2.05. The number of hydrogen-bond acceptors (Lipinski definition) is 5. The number of halogens is 2. The molecule has 0 radical (unpaired) electrons. The van der Waals surface area contributed by atoms with E-state index in [2.05, 4.69) is 4.98 Å². The lowest BCUT2D eigenvalue weighted by Gasteiger charge is -2.15. The molecule has 0 aliphatic carbocycles. The fourth-order valence-electron chi connectivity index (χ4n) is 2.56. The summed E-state index contributed by atoms with van der Waals surface area (Å²) in [5.41, 5.74) is 2.48. The topological polar surface area (TPSA) is 65.5 Å². The molecule has 29 heavy (non-hydrogen) atoms. The van der Waals surface area contributed by atoms with Crippen molar-refractivity contribution in [1.82, 2.24) is 4.98 Å². The van der Waals surface area contributed by atoms with Gasteiger partial charge in [0.15, 0.2) is 5.75 Å². The molecule has 0 aliphatic rings. The Morgan fingerprint density at radius 1 is 1.00 bits per heavy atom. The third-order valence-electron chi connectivity index (χ3n) is 4.13. The van der Waals surface area contributed by atoms with E-state index in [-0.39, 0.29) is 24.0 Å². The van der Waals surface area contributed by atoms with E-state index >= 15 is 0 Å². The van der Waals surface area contributed by atoms with Gasteiger partial charge in [0.05, 0.1) is 17.0 Å². The van der Waals surface area contributed by atoms with Gasteiger partial charge in [-0.25, -0.2) is 4.98 Å². The molecular weight excluding hydrogens is 433 g/mol. The summed E-state index contributed by atoms with van der Waals surface area (Å²) in [5.74, 6) is 0.257. The van der Waals surface area contributed by atoms with Crippen LogP contribution in [0.3, 0.4) is 0 Å². The zero-order valence-electron chi connectivity index (χ0n) is 15.9. The number of nitrogens with zero attached hydrogens (tertiary/aromatic N) is 1. The first-order valence-electron chi connectivity index (χ1n) is 8.84. The summed E-state index contributed by atoms with van der Waals surface area (Å²) in [7, 11) is -3.73. The minimum atomic E-state index is -3.73. The summed E-state index contributed by atoms with van der Waals surface area (Å²) in [6.45, 7) is 3.48. The predicted molar refractivity (Wildman–Crippen MR) is 115 cm³/mol. The highest BCUT2D eigenvalue weighted by molar-refractivity contribution is 7.87. The Labute approximate surface area is 180 Å². The summed E-state index contributed by atoms with van der Waals surface area (Å²) in [6, 6.07) is 16.1. The van der Waals surface area contributed by atoms with Crippen LogP contribution in [0.15, 0.2) is 54.6 Å². The molecule has 0 unspecified atom stereocenters. The number of aromatic nitrogens is 1. The molecule has 0 aliphatic heterocycles. The van der Waals surface area contributed by atoms with E-state index in [9.17, 15) is 8.42 Å². The average Bonchev–Trinajstić information content (AvgIpc) is 2.68. The van der Waals surface area contributed by atoms with Gasteiger partial charge in [-0.1, -0.05) is 53.5 Å². The van der Waals surface area contributed by atoms with Crippen LogP contribution in [0.1, 0.15) is 18.1 Å². The van der Waals surface area contributed by atoms with Gasteiger partial charge in [-0.3, -0.25) is 0 Å². The molecule has 0 saturated carbocycles. The van der Waals surface area contributed by atoms with Crippen molar-refractivity contribution in [1.29, 1.82) is 0 Å². The maximum absolute atomic E-state index is 12.0. The molecule has 0 N–H and O–H groups in total. The van der Waals surface area contributed by atoms with E-state index < -0.39 is 10.1 Å². The van der Waals surface area contributed by atoms with Crippen LogP contribution >= 0.6 is 23.2 Å². The summed E-state index contributed by atoms with van der Waals surface area (Å²) in [4.78, 5) is 4.54. The summed E-state index contributed by atoms with van der Waals surface area (Å²) in [6.07, 6.45) is 0. The number of ether oxygens (including phenoxy) is 1. The molecule has 3 aromatic rings. The van der Waals surface area contributed by atoms with E-state index in [1.54, 1.807) is 31.2 Å². The molecule has 5 nitrogen and oxygen atoms in total. The molecular formula is C21H19Cl2NO4S.